The van der Waals surface area contributed by atoms with Gasteiger partial charge >= 0.3 is 0 Å². The van der Waals surface area contributed by atoms with E-state index in [0.717, 1.165) is 11.0 Å². The molecule has 4 N–H and O–H groups in total. The Morgan fingerprint density at radius 2 is 2.17 bits per heavy atom. The van der Waals surface area contributed by atoms with Crippen LogP contribution in [0.15, 0.2) is 48.8 Å². The number of para-hydroxylation sites is 1. The van der Waals surface area contributed by atoms with Crippen LogP contribution in [0.5, 0.6) is 5.75 Å². The van der Waals surface area contributed by atoms with Crippen LogP contribution >= 0.6 is 0 Å². The highest BCUT2D eigenvalue weighted by Gasteiger charge is 2.59. The number of nitrogens with one attached hydrogen (secondary N) is 1. The molecule has 30 heavy (non-hydrogen) atoms. The van der Waals surface area contributed by atoms with E-state index in [9.17, 15) is 19.7 Å². The number of halogens is 1. The molecule has 0 bridgehead atoms. The zero-order valence-electron chi connectivity index (χ0n) is 16.3. The second-order valence-corrected chi connectivity index (χ2v) is 8.35. The quantitative estimate of drug-likeness (QED) is 0.507. The highest BCUT2D eigenvalue weighted by molar-refractivity contribution is 5.75. The number of benzene rings is 1. The van der Waals surface area contributed by atoms with Gasteiger partial charge in [-0.25, -0.2) is 9.37 Å². The Morgan fingerprint density at radius 1 is 1.33 bits per heavy atom. The Morgan fingerprint density at radius 3 is 2.97 bits per heavy atom. The Kier molecular flexibility index (Phi) is 4.74. The maximum Gasteiger partial charge on any atom is 0.165 e. The number of hydrogen-bond donors (Lipinski definition) is 4. The minimum atomic E-state index is -1.35. The number of ether oxygens (including phenoxy) is 1. The average molecular weight is 413 g/mol. The molecule has 0 unspecified atom stereocenters. The van der Waals surface area contributed by atoms with Crippen LogP contribution < -0.4 is 4.74 Å². The fourth-order valence-electron chi connectivity index (χ4n) is 4.81. The van der Waals surface area contributed by atoms with Crippen LogP contribution in [0.4, 0.5) is 4.39 Å². The average Bonchev–Trinajstić information content (AvgIpc) is 3.37. The van der Waals surface area contributed by atoms with E-state index in [1.165, 1.54) is 12.1 Å². The largest absolute Gasteiger partial charge is 0.485 e. The van der Waals surface area contributed by atoms with Crippen molar-refractivity contribution in [3.8, 4) is 5.75 Å². The molecule has 1 saturated heterocycles. The molecule has 158 valence electrons. The van der Waals surface area contributed by atoms with Crippen LogP contribution in [-0.4, -0.2) is 67.6 Å². The molecule has 2 aromatic heterocycles. The molecule has 5 rings (SSSR count). The standard InChI is InChI=1S/C22H24FN3O4/c23-16-3-1-2-4-18(16)30-19-8-15-10-26(12-22(15,29)20(19)28)11-17(27)14-7-13-5-6-24-21(13)25-9-14/h1-7,9,15,17,19-20,27-29H,8,10-12H2,(H,24,25)/t15-,17+,19+,20+,22-/m1/s1. The number of aliphatic hydroxyl groups is 3. The summed E-state index contributed by atoms with van der Waals surface area (Å²) in [6.07, 6.45) is 1.28. The van der Waals surface area contributed by atoms with Crippen molar-refractivity contribution < 1.29 is 24.4 Å². The third-order valence-corrected chi connectivity index (χ3v) is 6.40. The Bertz CT molecular complexity index is 1060. The zero-order valence-corrected chi connectivity index (χ0v) is 16.3. The first kappa shape index (κ1) is 19.4. The van der Waals surface area contributed by atoms with Gasteiger partial charge in [0.05, 0.1) is 6.10 Å². The van der Waals surface area contributed by atoms with E-state index in [-0.39, 0.29) is 18.2 Å². The summed E-state index contributed by atoms with van der Waals surface area (Å²) in [7, 11) is 0. The molecular formula is C22H24FN3O4. The topological polar surface area (TPSA) is 102 Å². The summed E-state index contributed by atoms with van der Waals surface area (Å²) in [5.41, 5.74) is 0.117. The smallest absolute Gasteiger partial charge is 0.165 e. The first-order valence-corrected chi connectivity index (χ1v) is 10.1. The van der Waals surface area contributed by atoms with Crippen molar-refractivity contribution in [3.05, 3.63) is 60.2 Å². The minimum Gasteiger partial charge on any atom is -0.485 e. The molecule has 0 radical (unpaired) electrons. The van der Waals surface area contributed by atoms with Crippen molar-refractivity contribution >= 4 is 11.0 Å². The van der Waals surface area contributed by atoms with Gasteiger partial charge in [0.15, 0.2) is 11.6 Å². The fraction of sp³-hybridized carbons (Fsp3) is 0.409. The summed E-state index contributed by atoms with van der Waals surface area (Å²) in [5.74, 6) is -0.640. The van der Waals surface area contributed by atoms with E-state index in [1.54, 1.807) is 24.5 Å². The molecule has 1 aromatic carbocycles. The number of likely N-dealkylation sites (tertiary alicyclic amines) is 1. The summed E-state index contributed by atoms with van der Waals surface area (Å²) >= 11 is 0. The third-order valence-electron chi connectivity index (χ3n) is 6.40. The molecule has 5 atom stereocenters. The van der Waals surface area contributed by atoms with Crippen molar-refractivity contribution in [2.24, 2.45) is 5.92 Å². The summed E-state index contributed by atoms with van der Waals surface area (Å²) < 4.78 is 19.6. The van der Waals surface area contributed by atoms with Crippen molar-refractivity contribution in [3.63, 3.8) is 0 Å². The number of H-pyrrole nitrogens is 1. The molecular weight excluding hydrogens is 389 g/mol. The number of nitrogens with zero attached hydrogens (tertiary/aromatic N) is 2. The van der Waals surface area contributed by atoms with Crippen molar-refractivity contribution in [2.75, 3.05) is 19.6 Å². The van der Waals surface area contributed by atoms with Gasteiger partial charge in [0.1, 0.15) is 23.5 Å². The number of rotatable bonds is 5. The SMILES string of the molecule is O[C@@H](CN1C[C@H]2C[C@H](Oc3ccccc3F)[C@H](O)[C@@]2(O)C1)c1cnc2[nH]ccc2c1. The van der Waals surface area contributed by atoms with Gasteiger partial charge in [0.2, 0.25) is 0 Å². The van der Waals surface area contributed by atoms with Gasteiger partial charge in [0, 0.05) is 48.9 Å². The number of aromatic amines is 1. The molecule has 1 saturated carbocycles. The van der Waals surface area contributed by atoms with Crippen LogP contribution in [0.25, 0.3) is 11.0 Å². The Balaban J connectivity index is 1.25. The highest BCUT2D eigenvalue weighted by atomic mass is 19.1. The molecule has 3 aromatic rings. The van der Waals surface area contributed by atoms with Crippen LogP contribution in [0.1, 0.15) is 18.1 Å². The van der Waals surface area contributed by atoms with E-state index in [4.69, 9.17) is 4.74 Å². The summed E-state index contributed by atoms with van der Waals surface area (Å²) in [6, 6.07) is 9.84. The van der Waals surface area contributed by atoms with Crippen molar-refractivity contribution in [1.82, 2.24) is 14.9 Å². The van der Waals surface area contributed by atoms with Crippen molar-refractivity contribution in [1.29, 1.82) is 0 Å². The third kappa shape index (κ3) is 3.26. The van der Waals surface area contributed by atoms with Crippen molar-refractivity contribution in [2.45, 2.75) is 30.3 Å². The lowest BCUT2D eigenvalue weighted by atomic mass is 9.93. The lowest BCUT2D eigenvalue weighted by molar-refractivity contribution is -0.0879. The van der Waals surface area contributed by atoms with Gasteiger partial charge in [0.25, 0.3) is 0 Å². The van der Waals surface area contributed by atoms with E-state index < -0.39 is 29.7 Å². The number of aromatic nitrogens is 2. The van der Waals surface area contributed by atoms with Crippen LogP contribution in [0.2, 0.25) is 0 Å². The molecule has 0 amide bonds. The van der Waals surface area contributed by atoms with Crippen LogP contribution in [-0.2, 0) is 0 Å². The maximum absolute atomic E-state index is 13.9. The van der Waals surface area contributed by atoms with E-state index in [0.29, 0.717) is 25.1 Å². The van der Waals surface area contributed by atoms with E-state index in [2.05, 4.69) is 9.97 Å². The van der Waals surface area contributed by atoms with Crippen LogP contribution in [0.3, 0.4) is 0 Å². The van der Waals surface area contributed by atoms with Gasteiger partial charge in [-0.05, 0) is 30.7 Å². The van der Waals surface area contributed by atoms with Gasteiger partial charge in [-0.15, -0.1) is 0 Å². The Hall–Kier alpha value is -2.52. The van der Waals surface area contributed by atoms with Gasteiger partial charge in [-0.1, -0.05) is 12.1 Å². The molecule has 2 aliphatic rings. The minimum absolute atomic E-state index is 0.0741. The van der Waals surface area contributed by atoms with Gasteiger partial charge in [-0.2, -0.15) is 0 Å². The lowest BCUT2D eigenvalue weighted by Crippen LogP contribution is -2.49. The predicted molar refractivity (Wildman–Crippen MR) is 107 cm³/mol. The molecule has 1 aliphatic carbocycles. The number of pyridine rings is 1. The Labute approximate surface area is 172 Å². The first-order valence-electron chi connectivity index (χ1n) is 10.1. The number of β-amino-alcohol motifs (C(OH)–C–C–N with tert-alkyl or cyclic N) is 2. The number of fused-ring (bicyclic) bond motifs is 2. The predicted octanol–water partition coefficient (Wildman–Crippen LogP) is 1.61. The number of aliphatic hydroxyl groups excluding tert-OH is 2. The first-order chi connectivity index (χ1) is 14.4. The van der Waals surface area contributed by atoms with Crippen LogP contribution in [0, 0.1) is 11.7 Å². The molecule has 7 nitrogen and oxygen atoms in total. The molecule has 0 spiro atoms. The number of hydrogen-bond acceptors (Lipinski definition) is 6. The summed E-state index contributed by atoms with van der Waals surface area (Å²) in [4.78, 5) is 9.27. The fourth-order valence-corrected chi connectivity index (χ4v) is 4.81. The summed E-state index contributed by atoms with van der Waals surface area (Å²) in [5, 5.41) is 33.4. The molecule has 3 heterocycles. The van der Waals surface area contributed by atoms with Gasteiger partial charge < -0.3 is 25.0 Å². The van der Waals surface area contributed by atoms with E-state index >= 15 is 0 Å². The molecule has 8 heteroatoms. The summed E-state index contributed by atoms with van der Waals surface area (Å²) in [6.45, 7) is 1.05. The second kappa shape index (κ2) is 7.31. The second-order valence-electron chi connectivity index (χ2n) is 8.35. The van der Waals surface area contributed by atoms with Gasteiger partial charge in [-0.3, -0.25) is 4.90 Å². The zero-order chi connectivity index (χ0) is 20.9. The monoisotopic (exact) mass is 413 g/mol. The maximum atomic E-state index is 13.9. The molecule has 1 aliphatic heterocycles. The normalized spacial score (nSPS) is 29.9. The lowest BCUT2D eigenvalue weighted by Gasteiger charge is -2.29. The highest BCUT2D eigenvalue weighted by Crippen LogP contribution is 2.44. The molecule has 2 fully saturated rings. The van der Waals surface area contributed by atoms with E-state index in [1.807, 2.05) is 17.0 Å².